The molecule has 0 aliphatic heterocycles. The van der Waals surface area contributed by atoms with Crippen LogP contribution in [0, 0.1) is 0 Å². The standard InChI is InChI=1S/C14H15NO3S/c1-18-9-11-5-6-19-13(11)14(17)15-12-4-2-3-10(7-12)8-16/h2-7,16H,8-9H2,1H3,(H,15,17). The van der Waals surface area contributed by atoms with Crippen molar-refractivity contribution < 1.29 is 14.6 Å². The Morgan fingerprint density at radius 1 is 1.42 bits per heavy atom. The van der Waals surface area contributed by atoms with E-state index in [1.165, 1.54) is 11.3 Å². The van der Waals surface area contributed by atoms with Gasteiger partial charge < -0.3 is 15.2 Å². The predicted octanol–water partition coefficient (Wildman–Crippen LogP) is 2.64. The van der Waals surface area contributed by atoms with Crippen molar-refractivity contribution in [1.29, 1.82) is 0 Å². The Labute approximate surface area is 115 Å². The first-order valence-electron chi connectivity index (χ1n) is 5.81. The first-order valence-corrected chi connectivity index (χ1v) is 6.69. The van der Waals surface area contributed by atoms with E-state index in [0.717, 1.165) is 11.1 Å². The largest absolute Gasteiger partial charge is 0.392 e. The normalized spacial score (nSPS) is 10.4. The lowest BCUT2D eigenvalue weighted by atomic mass is 10.2. The topological polar surface area (TPSA) is 58.6 Å². The fourth-order valence-electron chi connectivity index (χ4n) is 1.74. The van der Waals surface area contributed by atoms with Crippen molar-refractivity contribution in [2.45, 2.75) is 13.2 Å². The second-order valence-electron chi connectivity index (χ2n) is 4.02. The van der Waals surface area contributed by atoms with Gasteiger partial charge in [-0.25, -0.2) is 0 Å². The Morgan fingerprint density at radius 3 is 3.00 bits per heavy atom. The molecule has 2 aromatic rings. The zero-order valence-electron chi connectivity index (χ0n) is 10.6. The van der Waals surface area contributed by atoms with Crippen LogP contribution in [0.1, 0.15) is 20.8 Å². The second kappa shape index (κ2) is 6.47. The van der Waals surface area contributed by atoms with Crippen LogP contribution < -0.4 is 5.32 Å². The third-order valence-corrected chi connectivity index (χ3v) is 3.58. The van der Waals surface area contributed by atoms with Crippen LogP contribution in [0.2, 0.25) is 0 Å². The maximum absolute atomic E-state index is 12.2. The SMILES string of the molecule is COCc1ccsc1C(=O)Nc1cccc(CO)c1. The van der Waals surface area contributed by atoms with Crippen LogP contribution in [0.25, 0.3) is 0 Å². The van der Waals surface area contributed by atoms with Gasteiger partial charge in [0.1, 0.15) is 0 Å². The molecule has 0 fully saturated rings. The summed E-state index contributed by atoms with van der Waals surface area (Å²) >= 11 is 1.39. The summed E-state index contributed by atoms with van der Waals surface area (Å²) in [5.74, 6) is -0.155. The van der Waals surface area contributed by atoms with Crippen molar-refractivity contribution in [3.63, 3.8) is 0 Å². The number of methoxy groups -OCH3 is 1. The lowest BCUT2D eigenvalue weighted by Crippen LogP contribution is -2.12. The highest BCUT2D eigenvalue weighted by Gasteiger charge is 2.13. The highest BCUT2D eigenvalue weighted by molar-refractivity contribution is 7.12. The van der Waals surface area contributed by atoms with E-state index in [0.29, 0.717) is 17.2 Å². The minimum atomic E-state index is -0.155. The third-order valence-electron chi connectivity index (χ3n) is 2.62. The van der Waals surface area contributed by atoms with Gasteiger partial charge in [-0.05, 0) is 29.1 Å². The number of nitrogens with one attached hydrogen (secondary N) is 1. The summed E-state index contributed by atoms with van der Waals surface area (Å²) in [6.45, 7) is 0.376. The lowest BCUT2D eigenvalue weighted by Gasteiger charge is -2.07. The number of hydrogen-bond donors (Lipinski definition) is 2. The number of carbonyl (C=O) groups excluding carboxylic acids is 1. The van der Waals surface area contributed by atoms with Crippen LogP contribution in [-0.4, -0.2) is 18.1 Å². The number of anilines is 1. The summed E-state index contributed by atoms with van der Waals surface area (Å²) in [5.41, 5.74) is 2.32. The smallest absolute Gasteiger partial charge is 0.266 e. The average Bonchev–Trinajstić information content (AvgIpc) is 2.88. The van der Waals surface area contributed by atoms with E-state index in [1.54, 1.807) is 31.4 Å². The van der Waals surface area contributed by atoms with Gasteiger partial charge in [-0.3, -0.25) is 4.79 Å². The molecule has 0 aliphatic rings. The number of amides is 1. The van der Waals surface area contributed by atoms with Crippen LogP contribution in [-0.2, 0) is 18.0 Å². The van der Waals surface area contributed by atoms with E-state index in [1.807, 2.05) is 11.4 Å². The molecule has 0 saturated heterocycles. The van der Waals surface area contributed by atoms with E-state index in [2.05, 4.69) is 5.32 Å². The van der Waals surface area contributed by atoms with Crippen LogP contribution in [0.15, 0.2) is 35.7 Å². The van der Waals surface area contributed by atoms with Crippen molar-refractivity contribution in [2.24, 2.45) is 0 Å². The molecule has 2 rings (SSSR count). The van der Waals surface area contributed by atoms with Crippen molar-refractivity contribution in [2.75, 3.05) is 12.4 Å². The molecule has 2 N–H and O–H groups in total. The molecular weight excluding hydrogens is 262 g/mol. The van der Waals surface area contributed by atoms with Gasteiger partial charge in [0.05, 0.1) is 18.1 Å². The number of benzene rings is 1. The molecule has 100 valence electrons. The number of carbonyl (C=O) groups is 1. The summed E-state index contributed by atoms with van der Waals surface area (Å²) in [6.07, 6.45) is 0. The zero-order valence-corrected chi connectivity index (χ0v) is 11.4. The summed E-state index contributed by atoms with van der Waals surface area (Å²) in [7, 11) is 1.60. The van der Waals surface area contributed by atoms with Crippen LogP contribution in [0.5, 0.6) is 0 Å². The number of ether oxygens (including phenoxy) is 1. The molecule has 0 spiro atoms. The first kappa shape index (κ1) is 13.7. The van der Waals surface area contributed by atoms with Crippen LogP contribution in [0.4, 0.5) is 5.69 Å². The third kappa shape index (κ3) is 3.41. The van der Waals surface area contributed by atoms with Crippen molar-refractivity contribution in [1.82, 2.24) is 0 Å². The Kier molecular flexibility index (Phi) is 4.68. The maximum atomic E-state index is 12.2. The van der Waals surface area contributed by atoms with E-state index >= 15 is 0 Å². The molecule has 1 aromatic heterocycles. The fourth-order valence-corrected chi connectivity index (χ4v) is 2.54. The molecule has 4 nitrogen and oxygen atoms in total. The lowest BCUT2D eigenvalue weighted by molar-refractivity contribution is 0.102. The minimum absolute atomic E-state index is 0.0440. The predicted molar refractivity (Wildman–Crippen MR) is 75.4 cm³/mol. The second-order valence-corrected chi connectivity index (χ2v) is 4.94. The van der Waals surface area contributed by atoms with E-state index in [9.17, 15) is 4.79 Å². The van der Waals surface area contributed by atoms with Gasteiger partial charge in [0, 0.05) is 18.4 Å². The summed E-state index contributed by atoms with van der Waals surface area (Å²) < 4.78 is 5.06. The zero-order chi connectivity index (χ0) is 13.7. The van der Waals surface area contributed by atoms with Crippen LogP contribution >= 0.6 is 11.3 Å². The first-order chi connectivity index (χ1) is 9.24. The van der Waals surface area contributed by atoms with Gasteiger partial charge in [0.25, 0.3) is 5.91 Å². The molecule has 0 radical (unpaired) electrons. The summed E-state index contributed by atoms with van der Waals surface area (Å²) in [4.78, 5) is 12.8. The van der Waals surface area contributed by atoms with E-state index in [4.69, 9.17) is 9.84 Å². The number of thiophene rings is 1. The quantitative estimate of drug-likeness (QED) is 0.883. The van der Waals surface area contributed by atoms with Gasteiger partial charge in [-0.1, -0.05) is 12.1 Å². The van der Waals surface area contributed by atoms with E-state index in [-0.39, 0.29) is 12.5 Å². The van der Waals surface area contributed by atoms with Gasteiger partial charge in [0.15, 0.2) is 0 Å². The Hall–Kier alpha value is -1.69. The molecule has 0 saturated carbocycles. The Balaban J connectivity index is 2.13. The summed E-state index contributed by atoms with van der Waals surface area (Å²) in [6, 6.07) is 9.03. The molecule has 19 heavy (non-hydrogen) atoms. The highest BCUT2D eigenvalue weighted by atomic mass is 32.1. The molecule has 1 amide bonds. The molecule has 1 aromatic carbocycles. The fraction of sp³-hybridized carbons (Fsp3) is 0.214. The van der Waals surface area contributed by atoms with E-state index < -0.39 is 0 Å². The highest BCUT2D eigenvalue weighted by Crippen LogP contribution is 2.20. The number of aliphatic hydroxyl groups is 1. The maximum Gasteiger partial charge on any atom is 0.266 e. The van der Waals surface area contributed by atoms with Gasteiger partial charge in [-0.2, -0.15) is 0 Å². The number of aliphatic hydroxyl groups excluding tert-OH is 1. The van der Waals surface area contributed by atoms with Gasteiger partial charge in [0.2, 0.25) is 0 Å². The number of hydrogen-bond acceptors (Lipinski definition) is 4. The summed E-state index contributed by atoms with van der Waals surface area (Å²) in [5, 5.41) is 13.8. The molecule has 0 atom stereocenters. The average molecular weight is 277 g/mol. The van der Waals surface area contributed by atoms with Crippen LogP contribution in [0.3, 0.4) is 0 Å². The minimum Gasteiger partial charge on any atom is -0.392 e. The van der Waals surface area contributed by atoms with Crippen molar-refractivity contribution >= 4 is 22.9 Å². The number of rotatable bonds is 5. The monoisotopic (exact) mass is 277 g/mol. The van der Waals surface area contributed by atoms with Crippen molar-refractivity contribution in [3.8, 4) is 0 Å². The van der Waals surface area contributed by atoms with Gasteiger partial charge in [-0.15, -0.1) is 11.3 Å². The Morgan fingerprint density at radius 2 is 2.26 bits per heavy atom. The van der Waals surface area contributed by atoms with Gasteiger partial charge >= 0.3 is 0 Å². The molecule has 0 bridgehead atoms. The molecular formula is C14H15NO3S. The Bertz CT molecular complexity index is 565. The molecule has 5 heteroatoms. The molecule has 0 unspecified atom stereocenters. The van der Waals surface area contributed by atoms with Crippen molar-refractivity contribution in [3.05, 3.63) is 51.7 Å². The molecule has 1 heterocycles. The molecule has 0 aliphatic carbocycles.